The number of rotatable bonds is 6. The van der Waals surface area contributed by atoms with Gasteiger partial charge in [0.2, 0.25) is 0 Å². The van der Waals surface area contributed by atoms with Crippen LogP contribution in [0.3, 0.4) is 0 Å². The van der Waals surface area contributed by atoms with Gasteiger partial charge in [-0.25, -0.2) is 28.1 Å². The zero-order chi connectivity index (χ0) is 28.2. The second kappa shape index (κ2) is 11.2. The quantitative estimate of drug-likeness (QED) is 0.309. The van der Waals surface area contributed by atoms with Crippen LogP contribution in [0.25, 0.3) is 16.6 Å². The molecule has 0 aliphatic rings. The second-order valence-corrected chi connectivity index (χ2v) is 8.55. The number of methoxy groups -OCH3 is 1. The van der Waals surface area contributed by atoms with Gasteiger partial charge in [0.1, 0.15) is 63.5 Å². The Kier molecular flexibility index (Phi) is 7.33. The molecule has 200 valence electrons. The average Bonchev–Trinajstić information content (AvgIpc) is 2.94. The highest BCUT2D eigenvalue weighted by Crippen LogP contribution is 2.21. The maximum Gasteiger partial charge on any atom is 0.269 e. The minimum atomic E-state index is -0.862. The van der Waals surface area contributed by atoms with Crippen molar-refractivity contribution in [3.8, 4) is 23.3 Å². The van der Waals surface area contributed by atoms with E-state index in [1.165, 1.54) is 30.1 Å². The first-order valence-electron chi connectivity index (χ1n) is 12.0. The zero-order valence-electron chi connectivity index (χ0n) is 21.1. The molecule has 0 saturated carbocycles. The summed E-state index contributed by atoms with van der Waals surface area (Å²) >= 11 is 0. The summed E-state index contributed by atoms with van der Waals surface area (Å²) in [6.07, 6.45) is 1.37. The number of nitrogens with two attached hydrogens (primary N) is 1. The lowest BCUT2D eigenvalue weighted by Gasteiger charge is -2.15. The Labute approximate surface area is 226 Å². The van der Waals surface area contributed by atoms with E-state index >= 15 is 0 Å². The SMILES string of the molecule is COc1cc(F)cc(C#Cc2c(N)ncnc2NCCc2nc3c(F)ccc(F)c3c(=O)n2-c2ccccc2)c1. The largest absolute Gasteiger partial charge is 0.497 e. The van der Waals surface area contributed by atoms with Crippen molar-refractivity contribution in [3.63, 3.8) is 0 Å². The molecule has 11 heteroatoms. The number of fused-ring (bicyclic) bond motifs is 1. The van der Waals surface area contributed by atoms with Crippen molar-refractivity contribution in [1.82, 2.24) is 19.5 Å². The van der Waals surface area contributed by atoms with Crippen LogP contribution in [0.15, 0.2) is 71.8 Å². The van der Waals surface area contributed by atoms with Gasteiger partial charge in [0.05, 0.1) is 12.8 Å². The summed E-state index contributed by atoms with van der Waals surface area (Å²) in [6, 6.07) is 14.4. The number of nitrogens with one attached hydrogen (secondary N) is 1. The van der Waals surface area contributed by atoms with E-state index in [-0.39, 0.29) is 41.5 Å². The highest BCUT2D eigenvalue weighted by molar-refractivity contribution is 5.79. The summed E-state index contributed by atoms with van der Waals surface area (Å²) in [5.41, 5.74) is 6.03. The molecule has 3 N–H and O–H groups in total. The number of halogens is 3. The summed E-state index contributed by atoms with van der Waals surface area (Å²) in [5, 5.41) is 2.65. The van der Waals surface area contributed by atoms with Crippen molar-refractivity contribution < 1.29 is 17.9 Å². The number of ether oxygens (including phenoxy) is 1. The van der Waals surface area contributed by atoms with E-state index in [4.69, 9.17) is 10.5 Å². The van der Waals surface area contributed by atoms with E-state index in [2.05, 4.69) is 32.1 Å². The number of hydrogen-bond donors (Lipinski definition) is 2. The van der Waals surface area contributed by atoms with E-state index in [1.54, 1.807) is 36.4 Å². The summed E-state index contributed by atoms with van der Waals surface area (Å²) < 4.78 is 49.3. The monoisotopic (exact) mass is 542 g/mol. The average molecular weight is 543 g/mol. The molecular formula is C29H21F3N6O2. The second-order valence-electron chi connectivity index (χ2n) is 8.55. The molecule has 0 atom stereocenters. The third-order valence-electron chi connectivity index (χ3n) is 5.96. The number of para-hydroxylation sites is 1. The topological polar surface area (TPSA) is 108 Å². The molecule has 0 radical (unpaired) electrons. The van der Waals surface area contributed by atoms with Crippen molar-refractivity contribution in [2.75, 3.05) is 24.7 Å². The van der Waals surface area contributed by atoms with Gasteiger partial charge >= 0.3 is 0 Å². The third-order valence-corrected chi connectivity index (χ3v) is 5.96. The van der Waals surface area contributed by atoms with Crippen LogP contribution in [0.5, 0.6) is 5.75 Å². The molecule has 8 nitrogen and oxygen atoms in total. The fourth-order valence-corrected chi connectivity index (χ4v) is 4.11. The number of anilines is 2. The van der Waals surface area contributed by atoms with Crippen LogP contribution in [0.4, 0.5) is 24.8 Å². The summed E-state index contributed by atoms with van der Waals surface area (Å²) in [6.45, 7) is 0.167. The summed E-state index contributed by atoms with van der Waals surface area (Å²) in [5.74, 6) is 4.40. The lowest BCUT2D eigenvalue weighted by Crippen LogP contribution is -2.26. The number of hydrogen-bond acceptors (Lipinski definition) is 7. The molecule has 0 amide bonds. The molecule has 2 aromatic heterocycles. The molecule has 0 aliphatic carbocycles. The normalized spacial score (nSPS) is 10.7. The molecule has 0 saturated heterocycles. The van der Waals surface area contributed by atoms with Crippen molar-refractivity contribution >= 4 is 22.5 Å². The summed E-state index contributed by atoms with van der Waals surface area (Å²) in [4.78, 5) is 25.9. The lowest BCUT2D eigenvalue weighted by atomic mass is 10.2. The fraction of sp³-hybridized carbons (Fsp3) is 0.103. The Bertz CT molecular complexity index is 1850. The van der Waals surface area contributed by atoms with Gasteiger partial charge in [0.25, 0.3) is 5.56 Å². The van der Waals surface area contributed by atoms with E-state index < -0.39 is 28.4 Å². The molecule has 2 heterocycles. The molecule has 0 unspecified atom stereocenters. The maximum absolute atomic E-state index is 14.6. The van der Waals surface area contributed by atoms with Gasteiger partial charge in [-0.1, -0.05) is 30.0 Å². The lowest BCUT2D eigenvalue weighted by molar-refractivity contribution is 0.411. The molecule has 0 aliphatic heterocycles. The molecule has 5 aromatic rings. The van der Waals surface area contributed by atoms with Gasteiger partial charge < -0.3 is 15.8 Å². The Morgan fingerprint density at radius 1 is 1.00 bits per heavy atom. The summed E-state index contributed by atoms with van der Waals surface area (Å²) in [7, 11) is 1.42. The Hall–Kier alpha value is -5.37. The molecule has 40 heavy (non-hydrogen) atoms. The van der Waals surface area contributed by atoms with E-state index in [0.717, 1.165) is 12.1 Å². The van der Waals surface area contributed by atoms with Crippen LogP contribution in [0, 0.1) is 29.3 Å². The first-order valence-corrected chi connectivity index (χ1v) is 12.0. The van der Waals surface area contributed by atoms with Crippen LogP contribution in [0.2, 0.25) is 0 Å². The Morgan fingerprint density at radius 3 is 2.55 bits per heavy atom. The highest BCUT2D eigenvalue weighted by Gasteiger charge is 2.18. The van der Waals surface area contributed by atoms with Gasteiger partial charge in [-0.3, -0.25) is 9.36 Å². The standard InChI is InChI=1S/C29H21F3N6O2/c1-40-20-14-17(13-18(30)15-20)7-8-21-27(33)35-16-36-28(21)34-12-11-24-37-26-23(32)10-9-22(31)25(26)29(39)38(24)19-5-3-2-4-6-19/h2-6,9-10,13-16H,11-12H2,1H3,(H3,33,34,35,36). The zero-order valence-corrected chi connectivity index (χ0v) is 21.1. The maximum atomic E-state index is 14.6. The molecule has 3 aromatic carbocycles. The number of aromatic nitrogens is 4. The van der Waals surface area contributed by atoms with Gasteiger partial charge in [-0.15, -0.1) is 0 Å². The Morgan fingerprint density at radius 2 is 1.77 bits per heavy atom. The van der Waals surface area contributed by atoms with Crippen LogP contribution in [-0.4, -0.2) is 33.2 Å². The van der Waals surface area contributed by atoms with Crippen LogP contribution in [-0.2, 0) is 6.42 Å². The highest BCUT2D eigenvalue weighted by atomic mass is 19.1. The predicted molar refractivity (Wildman–Crippen MR) is 145 cm³/mol. The van der Waals surface area contributed by atoms with Gasteiger partial charge in [0, 0.05) is 24.6 Å². The van der Waals surface area contributed by atoms with Crippen molar-refractivity contribution in [2.45, 2.75) is 6.42 Å². The van der Waals surface area contributed by atoms with Gasteiger partial charge in [0.15, 0.2) is 0 Å². The minimum absolute atomic E-state index is 0.0935. The fourth-order valence-electron chi connectivity index (χ4n) is 4.11. The number of benzene rings is 3. The smallest absolute Gasteiger partial charge is 0.269 e. The molecule has 0 bridgehead atoms. The van der Waals surface area contributed by atoms with E-state index in [0.29, 0.717) is 17.0 Å². The number of nitrogens with zero attached hydrogens (tertiary/aromatic N) is 4. The molecule has 0 fully saturated rings. The number of nitrogen functional groups attached to an aromatic ring is 1. The first-order chi connectivity index (χ1) is 19.4. The molecular weight excluding hydrogens is 521 g/mol. The molecule has 5 rings (SSSR count). The van der Waals surface area contributed by atoms with Crippen molar-refractivity contribution in [3.05, 3.63) is 112 Å². The van der Waals surface area contributed by atoms with Crippen LogP contribution >= 0.6 is 0 Å². The van der Waals surface area contributed by atoms with Crippen molar-refractivity contribution in [1.29, 1.82) is 0 Å². The van der Waals surface area contributed by atoms with E-state index in [9.17, 15) is 18.0 Å². The minimum Gasteiger partial charge on any atom is -0.497 e. The van der Waals surface area contributed by atoms with Crippen molar-refractivity contribution in [2.24, 2.45) is 0 Å². The Balaban J connectivity index is 1.48. The third kappa shape index (κ3) is 5.28. The van der Waals surface area contributed by atoms with Crippen LogP contribution in [0.1, 0.15) is 17.0 Å². The van der Waals surface area contributed by atoms with E-state index in [1.807, 2.05) is 0 Å². The first kappa shape index (κ1) is 26.2. The predicted octanol–water partition coefficient (Wildman–Crippen LogP) is 4.24. The van der Waals surface area contributed by atoms with Gasteiger partial charge in [-0.2, -0.15) is 0 Å². The van der Waals surface area contributed by atoms with Gasteiger partial charge in [-0.05, 0) is 36.4 Å². The molecule has 0 spiro atoms. The van der Waals surface area contributed by atoms with Crippen LogP contribution < -0.4 is 21.3 Å².